The number of hydrogen-bond donors (Lipinski definition) is 1. The minimum atomic E-state index is -0.392. The zero-order valence-electron chi connectivity index (χ0n) is 8.76. The number of aryl methyl sites for hydroxylation is 1. The molecule has 84 valence electrons. The number of aliphatic hydroxyl groups excluding tert-OH is 1. The molecule has 0 bridgehead atoms. The summed E-state index contributed by atoms with van der Waals surface area (Å²) >= 11 is 3.23. The number of ether oxygens (including phenoxy) is 1. The van der Waals surface area contributed by atoms with E-state index in [0.717, 1.165) is 5.56 Å². The first-order valence-corrected chi connectivity index (χ1v) is 5.54. The standard InChI is InChI=1S/C11H14BrFO2/c1-7(14)3-4-8-5-9(12)6-10(13)11(8)15-2/h5-7,14H,3-4H2,1-2H3/t7-/m0/s1. The quantitative estimate of drug-likeness (QED) is 0.917. The van der Waals surface area contributed by atoms with E-state index in [1.807, 2.05) is 6.07 Å². The summed E-state index contributed by atoms with van der Waals surface area (Å²) in [5.41, 5.74) is 0.769. The van der Waals surface area contributed by atoms with Crippen LogP contribution in [0.2, 0.25) is 0 Å². The van der Waals surface area contributed by atoms with Crippen molar-refractivity contribution in [3.05, 3.63) is 28.0 Å². The molecule has 1 aromatic carbocycles. The molecule has 0 amide bonds. The van der Waals surface area contributed by atoms with Crippen LogP contribution in [0.5, 0.6) is 5.75 Å². The van der Waals surface area contributed by atoms with Gasteiger partial charge >= 0.3 is 0 Å². The zero-order valence-corrected chi connectivity index (χ0v) is 10.3. The van der Waals surface area contributed by atoms with E-state index in [4.69, 9.17) is 9.84 Å². The summed E-state index contributed by atoms with van der Waals surface area (Å²) in [4.78, 5) is 0. The number of hydrogen-bond acceptors (Lipinski definition) is 2. The molecule has 1 rings (SSSR count). The fraction of sp³-hybridized carbons (Fsp3) is 0.455. The van der Waals surface area contributed by atoms with Crippen LogP contribution in [0.4, 0.5) is 4.39 Å². The predicted octanol–water partition coefficient (Wildman–Crippen LogP) is 2.91. The highest BCUT2D eigenvalue weighted by molar-refractivity contribution is 9.10. The van der Waals surface area contributed by atoms with Gasteiger partial charge in [-0.3, -0.25) is 0 Å². The maximum Gasteiger partial charge on any atom is 0.166 e. The van der Waals surface area contributed by atoms with Gasteiger partial charge in [-0.05, 0) is 37.5 Å². The van der Waals surface area contributed by atoms with Crippen molar-refractivity contribution in [1.82, 2.24) is 0 Å². The number of benzene rings is 1. The Morgan fingerprint density at radius 1 is 1.53 bits per heavy atom. The molecular formula is C11H14BrFO2. The first-order valence-electron chi connectivity index (χ1n) is 4.74. The molecule has 1 N–H and O–H groups in total. The van der Waals surface area contributed by atoms with Crippen molar-refractivity contribution in [3.63, 3.8) is 0 Å². The largest absolute Gasteiger partial charge is 0.493 e. The van der Waals surface area contributed by atoms with Gasteiger partial charge in [0.2, 0.25) is 0 Å². The van der Waals surface area contributed by atoms with Gasteiger partial charge in [0.1, 0.15) is 0 Å². The highest BCUT2D eigenvalue weighted by Gasteiger charge is 2.11. The maximum absolute atomic E-state index is 13.4. The number of rotatable bonds is 4. The fourth-order valence-electron chi connectivity index (χ4n) is 1.39. The smallest absolute Gasteiger partial charge is 0.166 e. The Morgan fingerprint density at radius 3 is 2.73 bits per heavy atom. The molecule has 2 nitrogen and oxygen atoms in total. The van der Waals surface area contributed by atoms with E-state index < -0.39 is 6.10 Å². The van der Waals surface area contributed by atoms with Crippen LogP contribution in [0.1, 0.15) is 18.9 Å². The van der Waals surface area contributed by atoms with Crippen molar-refractivity contribution < 1.29 is 14.2 Å². The molecule has 1 atom stereocenters. The Bertz CT molecular complexity index is 340. The molecule has 15 heavy (non-hydrogen) atoms. The number of methoxy groups -OCH3 is 1. The van der Waals surface area contributed by atoms with Gasteiger partial charge in [0.25, 0.3) is 0 Å². The predicted molar refractivity (Wildman–Crippen MR) is 60.7 cm³/mol. The molecule has 0 saturated carbocycles. The van der Waals surface area contributed by atoms with Crippen molar-refractivity contribution in [2.24, 2.45) is 0 Å². The molecule has 0 fully saturated rings. The van der Waals surface area contributed by atoms with E-state index >= 15 is 0 Å². The summed E-state index contributed by atoms with van der Waals surface area (Å²) in [5.74, 6) is -0.119. The maximum atomic E-state index is 13.4. The van der Waals surface area contributed by atoms with Gasteiger partial charge in [-0.1, -0.05) is 15.9 Å². The van der Waals surface area contributed by atoms with E-state index in [1.54, 1.807) is 6.92 Å². The van der Waals surface area contributed by atoms with Gasteiger partial charge in [-0.2, -0.15) is 0 Å². The third-order valence-corrected chi connectivity index (χ3v) is 2.58. The second kappa shape index (κ2) is 5.47. The van der Waals surface area contributed by atoms with E-state index in [9.17, 15) is 4.39 Å². The lowest BCUT2D eigenvalue weighted by atomic mass is 10.1. The average molecular weight is 277 g/mol. The number of aliphatic hydroxyl groups is 1. The van der Waals surface area contributed by atoms with Crippen LogP contribution in [0, 0.1) is 5.82 Å². The second-order valence-electron chi connectivity index (χ2n) is 3.47. The van der Waals surface area contributed by atoms with Crippen LogP contribution in [-0.4, -0.2) is 18.3 Å². The topological polar surface area (TPSA) is 29.5 Å². The first kappa shape index (κ1) is 12.5. The third kappa shape index (κ3) is 3.47. The Kier molecular flexibility index (Phi) is 4.54. The molecule has 0 saturated heterocycles. The molecule has 0 radical (unpaired) electrons. The van der Waals surface area contributed by atoms with E-state index in [0.29, 0.717) is 17.3 Å². The van der Waals surface area contributed by atoms with Crippen molar-refractivity contribution in [3.8, 4) is 5.75 Å². The summed E-state index contributed by atoms with van der Waals surface area (Å²) in [6.07, 6.45) is 0.792. The van der Waals surface area contributed by atoms with Crippen LogP contribution < -0.4 is 4.74 Å². The first-order chi connectivity index (χ1) is 7.04. The molecule has 0 unspecified atom stereocenters. The van der Waals surface area contributed by atoms with Gasteiger partial charge in [-0.15, -0.1) is 0 Å². The van der Waals surface area contributed by atoms with Crippen molar-refractivity contribution >= 4 is 15.9 Å². The molecule has 4 heteroatoms. The van der Waals surface area contributed by atoms with E-state index in [-0.39, 0.29) is 11.6 Å². The van der Waals surface area contributed by atoms with Crippen molar-refractivity contribution in [1.29, 1.82) is 0 Å². The van der Waals surface area contributed by atoms with Crippen molar-refractivity contribution in [2.45, 2.75) is 25.9 Å². The van der Waals surface area contributed by atoms with Crippen LogP contribution in [-0.2, 0) is 6.42 Å². The molecule has 0 aliphatic carbocycles. The molecular weight excluding hydrogens is 263 g/mol. The van der Waals surface area contributed by atoms with Crippen LogP contribution >= 0.6 is 15.9 Å². The zero-order chi connectivity index (χ0) is 11.4. The Balaban J connectivity index is 2.93. The molecule has 0 aromatic heterocycles. The fourth-order valence-corrected chi connectivity index (χ4v) is 1.87. The minimum absolute atomic E-state index is 0.263. The summed E-state index contributed by atoms with van der Waals surface area (Å²) in [6.45, 7) is 1.71. The summed E-state index contributed by atoms with van der Waals surface area (Å²) in [7, 11) is 1.44. The van der Waals surface area contributed by atoms with E-state index in [1.165, 1.54) is 13.2 Å². The van der Waals surface area contributed by atoms with Gasteiger partial charge < -0.3 is 9.84 Å². The molecule has 0 aliphatic rings. The summed E-state index contributed by atoms with van der Waals surface area (Å²) in [5, 5.41) is 9.17. The monoisotopic (exact) mass is 276 g/mol. The lowest BCUT2D eigenvalue weighted by molar-refractivity contribution is 0.184. The third-order valence-electron chi connectivity index (χ3n) is 2.12. The van der Waals surface area contributed by atoms with Crippen LogP contribution in [0.3, 0.4) is 0 Å². The van der Waals surface area contributed by atoms with E-state index in [2.05, 4.69) is 15.9 Å². The van der Waals surface area contributed by atoms with Crippen molar-refractivity contribution in [2.75, 3.05) is 7.11 Å². The van der Waals surface area contributed by atoms with Crippen LogP contribution in [0.25, 0.3) is 0 Å². The van der Waals surface area contributed by atoms with Gasteiger partial charge in [0.15, 0.2) is 11.6 Å². The minimum Gasteiger partial charge on any atom is -0.493 e. The summed E-state index contributed by atoms with van der Waals surface area (Å²) < 4.78 is 19.1. The Labute approximate surface area is 97.2 Å². The molecule has 0 aliphatic heterocycles. The molecule has 0 heterocycles. The lowest BCUT2D eigenvalue weighted by Gasteiger charge is -2.11. The second-order valence-corrected chi connectivity index (χ2v) is 4.38. The average Bonchev–Trinajstić information content (AvgIpc) is 2.13. The number of halogens is 2. The van der Waals surface area contributed by atoms with Gasteiger partial charge in [0, 0.05) is 4.47 Å². The SMILES string of the molecule is COc1c(F)cc(Br)cc1CC[C@H](C)O. The normalized spacial score (nSPS) is 12.6. The van der Waals surface area contributed by atoms with Gasteiger partial charge in [0.05, 0.1) is 13.2 Å². The van der Waals surface area contributed by atoms with Gasteiger partial charge in [-0.25, -0.2) is 4.39 Å². The van der Waals surface area contributed by atoms with Crippen LogP contribution in [0.15, 0.2) is 16.6 Å². The highest BCUT2D eigenvalue weighted by Crippen LogP contribution is 2.28. The summed E-state index contributed by atoms with van der Waals surface area (Å²) in [6, 6.07) is 3.18. The molecule has 0 spiro atoms. The lowest BCUT2D eigenvalue weighted by Crippen LogP contribution is -2.03. The Hall–Kier alpha value is -0.610. The highest BCUT2D eigenvalue weighted by atomic mass is 79.9. The molecule has 1 aromatic rings. The Morgan fingerprint density at radius 2 is 2.20 bits per heavy atom.